The predicted molar refractivity (Wildman–Crippen MR) is 58.8 cm³/mol. The summed E-state index contributed by atoms with van der Waals surface area (Å²) in [5.74, 6) is 0. The Morgan fingerprint density at radius 3 is 2.42 bits per heavy atom. The third kappa shape index (κ3) is 3.79. The van der Waals surface area contributed by atoms with Crippen molar-refractivity contribution in [2.75, 3.05) is 12.3 Å². The van der Waals surface area contributed by atoms with E-state index in [-0.39, 0.29) is 0 Å². The Kier molecular flexibility index (Phi) is 4.00. The lowest BCUT2D eigenvalue weighted by Crippen LogP contribution is -2.34. The minimum Gasteiger partial charge on any atom is -0.393 e. The highest BCUT2D eigenvalue weighted by Gasteiger charge is 2.33. The van der Waals surface area contributed by atoms with Crippen LogP contribution in [0.15, 0.2) is 23.1 Å². The van der Waals surface area contributed by atoms with Crippen LogP contribution >= 0.6 is 0 Å². The normalized spacial score (nSPS) is 12.4. The third-order valence-corrected chi connectivity index (χ3v) is 3.40. The molecule has 0 atom stereocenters. The van der Waals surface area contributed by atoms with Crippen LogP contribution in [0.25, 0.3) is 0 Å². The van der Waals surface area contributed by atoms with Crippen LogP contribution in [0, 0.1) is 10.1 Å². The molecule has 0 aromatic heterocycles. The van der Waals surface area contributed by atoms with Gasteiger partial charge >= 0.3 is 11.9 Å². The summed E-state index contributed by atoms with van der Waals surface area (Å²) in [7, 11) is -4.68. The van der Waals surface area contributed by atoms with Crippen LogP contribution in [0.4, 0.5) is 24.5 Å². The predicted octanol–water partition coefficient (Wildman–Crippen LogP) is 1.02. The molecule has 19 heavy (non-hydrogen) atoms. The average Bonchev–Trinajstić information content (AvgIpc) is 2.25. The number of nitro benzene ring substituents is 1. The highest BCUT2D eigenvalue weighted by Crippen LogP contribution is 2.29. The van der Waals surface area contributed by atoms with Crippen molar-refractivity contribution in [3.05, 3.63) is 28.3 Å². The van der Waals surface area contributed by atoms with E-state index in [2.05, 4.69) is 0 Å². The van der Waals surface area contributed by atoms with Crippen LogP contribution in [-0.4, -0.2) is 26.1 Å². The number of nitrogens with two attached hydrogens (primary N) is 1. The van der Waals surface area contributed by atoms with E-state index in [0.717, 1.165) is 18.2 Å². The van der Waals surface area contributed by atoms with E-state index in [9.17, 15) is 31.7 Å². The molecule has 0 spiro atoms. The van der Waals surface area contributed by atoms with Crippen molar-refractivity contribution in [2.45, 2.75) is 11.1 Å². The maximum absolute atomic E-state index is 12.0. The number of alkyl halides is 3. The van der Waals surface area contributed by atoms with Crippen molar-refractivity contribution in [1.82, 2.24) is 4.72 Å². The molecule has 0 bridgehead atoms. The zero-order valence-electron chi connectivity index (χ0n) is 9.14. The topological polar surface area (TPSA) is 115 Å². The zero-order chi connectivity index (χ0) is 14.8. The van der Waals surface area contributed by atoms with Gasteiger partial charge in [-0.3, -0.25) is 10.1 Å². The second kappa shape index (κ2) is 5.01. The maximum atomic E-state index is 12.0. The smallest absolute Gasteiger partial charge is 0.393 e. The molecular weight excluding hydrogens is 291 g/mol. The molecule has 0 aliphatic heterocycles. The Labute approximate surface area is 105 Å². The molecule has 0 saturated carbocycles. The van der Waals surface area contributed by atoms with E-state index in [1.807, 2.05) is 0 Å². The van der Waals surface area contributed by atoms with Gasteiger partial charge in [0.25, 0.3) is 0 Å². The fraction of sp³-hybridized carbons (Fsp3) is 0.250. The molecule has 0 amide bonds. The summed E-state index contributed by atoms with van der Waals surface area (Å²) >= 11 is 0. The van der Waals surface area contributed by atoms with Crippen LogP contribution < -0.4 is 10.5 Å². The van der Waals surface area contributed by atoms with Crippen LogP contribution in [0.2, 0.25) is 0 Å². The first kappa shape index (κ1) is 15.2. The summed E-state index contributed by atoms with van der Waals surface area (Å²) < 4.78 is 60.3. The summed E-state index contributed by atoms with van der Waals surface area (Å²) in [5, 5.41) is 10.7. The SMILES string of the molecule is Nc1cccc(S(=O)(=O)NCC(F)(F)F)c1[N+](=O)[O-]. The summed E-state index contributed by atoms with van der Waals surface area (Å²) in [5.41, 5.74) is 3.83. The number of halogens is 3. The molecule has 0 heterocycles. The van der Waals surface area contributed by atoms with Crippen LogP contribution in [0.1, 0.15) is 0 Å². The average molecular weight is 299 g/mol. The summed E-state index contributed by atoms with van der Waals surface area (Å²) in [6.07, 6.45) is -4.78. The number of hydrogen-bond donors (Lipinski definition) is 2. The number of nitrogens with one attached hydrogen (secondary N) is 1. The molecular formula is C8H8F3N3O4S. The van der Waals surface area contributed by atoms with Gasteiger partial charge in [-0.05, 0) is 12.1 Å². The van der Waals surface area contributed by atoms with Crippen molar-refractivity contribution < 1.29 is 26.5 Å². The van der Waals surface area contributed by atoms with E-state index < -0.39 is 43.9 Å². The van der Waals surface area contributed by atoms with Crippen LogP contribution in [0.5, 0.6) is 0 Å². The van der Waals surface area contributed by atoms with Gasteiger partial charge in [0.15, 0.2) is 4.90 Å². The number of para-hydroxylation sites is 1. The molecule has 11 heteroatoms. The lowest BCUT2D eigenvalue weighted by Gasteiger charge is -2.10. The molecule has 7 nitrogen and oxygen atoms in total. The van der Waals surface area contributed by atoms with Crippen molar-refractivity contribution in [3.63, 3.8) is 0 Å². The highest BCUT2D eigenvalue weighted by molar-refractivity contribution is 7.89. The lowest BCUT2D eigenvalue weighted by atomic mass is 10.3. The van der Waals surface area contributed by atoms with Gasteiger partial charge in [0, 0.05) is 0 Å². The summed E-state index contributed by atoms with van der Waals surface area (Å²) in [6.45, 7) is -1.83. The molecule has 1 aromatic carbocycles. The minimum absolute atomic E-state index is 0.458. The fourth-order valence-electron chi connectivity index (χ4n) is 1.21. The molecule has 3 N–H and O–H groups in total. The Balaban J connectivity index is 3.23. The molecule has 0 unspecified atom stereocenters. The minimum atomic E-state index is -4.78. The van der Waals surface area contributed by atoms with Gasteiger partial charge in [-0.2, -0.15) is 13.2 Å². The molecule has 1 rings (SSSR count). The maximum Gasteiger partial charge on any atom is 0.402 e. The number of nitrogen functional groups attached to an aromatic ring is 1. The van der Waals surface area contributed by atoms with Gasteiger partial charge < -0.3 is 5.73 Å². The molecule has 0 aliphatic carbocycles. The van der Waals surface area contributed by atoms with Crippen molar-refractivity contribution >= 4 is 21.4 Å². The third-order valence-electron chi connectivity index (χ3n) is 1.96. The number of anilines is 1. The van der Waals surface area contributed by atoms with E-state index in [1.54, 1.807) is 0 Å². The van der Waals surface area contributed by atoms with E-state index >= 15 is 0 Å². The Hall–Kier alpha value is -1.88. The fourth-order valence-corrected chi connectivity index (χ4v) is 2.42. The second-order valence-electron chi connectivity index (χ2n) is 3.39. The van der Waals surface area contributed by atoms with E-state index in [0.29, 0.717) is 0 Å². The second-order valence-corrected chi connectivity index (χ2v) is 5.13. The summed E-state index contributed by atoms with van der Waals surface area (Å²) in [6, 6.07) is 2.96. The number of nitrogens with zero attached hydrogens (tertiary/aromatic N) is 1. The first-order valence-electron chi connectivity index (χ1n) is 4.64. The van der Waals surface area contributed by atoms with Crippen molar-refractivity contribution in [1.29, 1.82) is 0 Å². The Morgan fingerprint density at radius 1 is 1.37 bits per heavy atom. The standard InChI is InChI=1S/C8H8F3N3O4S/c9-8(10,11)4-13-19(17,18)6-3-1-2-5(12)7(6)14(15)16/h1-3,13H,4,12H2. The Morgan fingerprint density at radius 2 is 1.95 bits per heavy atom. The quantitative estimate of drug-likeness (QED) is 0.489. The van der Waals surface area contributed by atoms with E-state index in [1.165, 1.54) is 4.72 Å². The zero-order valence-corrected chi connectivity index (χ0v) is 9.96. The molecule has 106 valence electrons. The number of sulfonamides is 1. The molecule has 0 fully saturated rings. The monoisotopic (exact) mass is 299 g/mol. The van der Waals surface area contributed by atoms with Gasteiger partial charge in [0.05, 0.1) is 4.92 Å². The molecule has 0 aliphatic rings. The highest BCUT2D eigenvalue weighted by atomic mass is 32.2. The molecule has 0 radical (unpaired) electrons. The summed E-state index contributed by atoms with van der Waals surface area (Å²) in [4.78, 5) is 8.71. The van der Waals surface area contributed by atoms with E-state index in [4.69, 9.17) is 5.73 Å². The van der Waals surface area contributed by atoms with Gasteiger partial charge in [-0.25, -0.2) is 13.1 Å². The van der Waals surface area contributed by atoms with Gasteiger partial charge in [-0.1, -0.05) is 6.07 Å². The first-order valence-corrected chi connectivity index (χ1v) is 6.12. The number of benzene rings is 1. The van der Waals surface area contributed by atoms with Crippen molar-refractivity contribution in [2.24, 2.45) is 0 Å². The van der Waals surface area contributed by atoms with Gasteiger partial charge in [-0.15, -0.1) is 0 Å². The van der Waals surface area contributed by atoms with Crippen LogP contribution in [0.3, 0.4) is 0 Å². The Bertz CT molecular complexity index is 600. The number of rotatable bonds is 4. The first-order chi connectivity index (χ1) is 8.54. The van der Waals surface area contributed by atoms with Crippen LogP contribution in [-0.2, 0) is 10.0 Å². The molecule has 0 saturated heterocycles. The lowest BCUT2D eigenvalue weighted by molar-refractivity contribution is -0.386. The number of hydrogen-bond acceptors (Lipinski definition) is 5. The number of nitro groups is 1. The van der Waals surface area contributed by atoms with Gasteiger partial charge in [0.1, 0.15) is 12.2 Å². The largest absolute Gasteiger partial charge is 0.402 e. The molecule has 1 aromatic rings. The van der Waals surface area contributed by atoms with Gasteiger partial charge in [0.2, 0.25) is 10.0 Å². The van der Waals surface area contributed by atoms with Crippen molar-refractivity contribution in [3.8, 4) is 0 Å².